The summed E-state index contributed by atoms with van der Waals surface area (Å²) in [6, 6.07) is 14.9. The Bertz CT molecular complexity index is 1590. The molecule has 0 radical (unpaired) electrons. The van der Waals surface area contributed by atoms with Gasteiger partial charge in [-0.3, -0.25) is 15.1 Å². The molecule has 1 fully saturated rings. The molecule has 39 heavy (non-hydrogen) atoms. The number of sulfone groups is 1. The number of nitrogens with zero attached hydrogens (tertiary/aromatic N) is 4. The summed E-state index contributed by atoms with van der Waals surface area (Å²) in [6.07, 6.45) is 2.97. The normalized spacial score (nSPS) is 13.8. The number of anilines is 1. The van der Waals surface area contributed by atoms with Crippen LogP contribution >= 0.6 is 11.3 Å². The van der Waals surface area contributed by atoms with E-state index >= 15 is 0 Å². The predicted molar refractivity (Wildman–Crippen MR) is 148 cm³/mol. The number of hydrogen-bond donors (Lipinski definition) is 2. The number of aromatic nitrogens is 3. The first-order valence-corrected chi connectivity index (χ1v) is 14.6. The van der Waals surface area contributed by atoms with Gasteiger partial charge in [0.15, 0.2) is 27.3 Å². The van der Waals surface area contributed by atoms with Gasteiger partial charge in [0, 0.05) is 24.4 Å². The fraction of sp³-hybridized carbons (Fsp3) is 0.269. The maximum Gasteiger partial charge on any atom is 0.280 e. The molecule has 3 aromatic heterocycles. The zero-order valence-electron chi connectivity index (χ0n) is 21.0. The summed E-state index contributed by atoms with van der Waals surface area (Å²) in [6.45, 7) is 1.20. The van der Waals surface area contributed by atoms with E-state index in [0.717, 1.165) is 0 Å². The number of benzene rings is 1. The van der Waals surface area contributed by atoms with Crippen LogP contribution in [0.2, 0.25) is 0 Å². The van der Waals surface area contributed by atoms with Gasteiger partial charge in [0.1, 0.15) is 17.0 Å². The van der Waals surface area contributed by atoms with E-state index in [0.29, 0.717) is 58.6 Å². The number of carbonyl (C=O) groups is 1. The maximum atomic E-state index is 13.3. The Hall–Kier alpha value is -3.94. The second-order valence-electron chi connectivity index (χ2n) is 8.70. The third-order valence-electron chi connectivity index (χ3n) is 5.78. The predicted octanol–water partition coefficient (Wildman–Crippen LogP) is 3.18. The molecule has 4 aromatic rings. The van der Waals surface area contributed by atoms with Crippen LogP contribution in [0.1, 0.15) is 24.1 Å². The van der Waals surface area contributed by atoms with Crippen LogP contribution < -0.4 is 15.4 Å². The Balaban J connectivity index is 1.36. The molecule has 1 amide bonds. The molecule has 1 saturated carbocycles. The van der Waals surface area contributed by atoms with Crippen molar-refractivity contribution < 1.29 is 22.8 Å². The van der Waals surface area contributed by atoms with Crippen molar-refractivity contribution in [2.24, 2.45) is 5.16 Å². The molecule has 13 heteroatoms. The van der Waals surface area contributed by atoms with Gasteiger partial charge >= 0.3 is 0 Å². The minimum atomic E-state index is -3.36. The van der Waals surface area contributed by atoms with E-state index in [4.69, 9.17) is 9.57 Å². The molecule has 11 nitrogen and oxygen atoms in total. The summed E-state index contributed by atoms with van der Waals surface area (Å²) in [5.74, 6) is -0.107. The van der Waals surface area contributed by atoms with Gasteiger partial charge < -0.3 is 14.9 Å². The van der Waals surface area contributed by atoms with Gasteiger partial charge in [-0.15, -0.1) is 0 Å². The lowest BCUT2D eigenvalue weighted by atomic mass is 10.1. The molecule has 3 heterocycles. The lowest BCUT2D eigenvalue weighted by molar-refractivity contribution is -0.110. The number of fused-ring (bicyclic) bond motifs is 1. The van der Waals surface area contributed by atoms with Gasteiger partial charge in [0.2, 0.25) is 5.88 Å². The molecular weight excluding hydrogens is 540 g/mol. The Morgan fingerprint density at radius 3 is 2.64 bits per heavy atom. The Morgan fingerprint density at radius 1 is 1.10 bits per heavy atom. The average Bonchev–Trinajstić information content (AvgIpc) is 3.73. The number of thiazole rings is 1. The van der Waals surface area contributed by atoms with Crippen LogP contribution in [0.25, 0.3) is 10.3 Å². The summed E-state index contributed by atoms with van der Waals surface area (Å²) < 4.78 is 30.8. The maximum absolute atomic E-state index is 13.3. The van der Waals surface area contributed by atoms with Crippen molar-refractivity contribution in [2.45, 2.75) is 29.6 Å². The SMILES string of the molecule is CNCCOc1ccc2nc(NC(=O)/C(=N/OCc3ccccn3)c3ccc(S(=O)(=O)C4CC4)cc3)sc2n1. The van der Waals surface area contributed by atoms with Gasteiger partial charge in [-0.25, -0.2) is 18.4 Å². The van der Waals surface area contributed by atoms with Crippen molar-refractivity contribution in [1.82, 2.24) is 20.3 Å². The number of pyridine rings is 2. The lowest BCUT2D eigenvalue weighted by Gasteiger charge is -2.08. The average molecular weight is 567 g/mol. The van der Waals surface area contributed by atoms with E-state index in [1.165, 1.54) is 23.5 Å². The van der Waals surface area contributed by atoms with Crippen LogP contribution in [-0.4, -0.2) is 60.4 Å². The molecule has 0 aliphatic heterocycles. The van der Waals surface area contributed by atoms with Crippen molar-refractivity contribution in [3.05, 3.63) is 72.1 Å². The molecule has 202 valence electrons. The minimum Gasteiger partial charge on any atom is -0.476 e. The van der Waals surface area contributed by atoms with Gasteiger partial charge in [-0.1, -0.05) is 34.7 Å². The van der Waals surface area contributed by atoms with Gasteiger partial charge in [-0.05, 0) is 50.2 Å². The summed E-state index contributed by atoms with van der Waals surface area (Å²) in [7, 11) is -1.53. The Labute approximate surface area is 229 Å². The molecule has 2 N–H and O–H groups in total. The first-order chi connectivity index (χ1) is 18.9. The standard InChI is InChI=1S/C26H26N6O5S2/c1-27-14-15-36-22-12-11-21-25(30-22)38-26(29-21)31-24(33)23(32-37-16-18-4-2-3-13-28-18)17-5-7-19(8-6-17)39(34,35)20-9-10-20/h2-8,11-13,20,27H,9-10,14-16H2,1H3,(H,29,31,33)/b32-23+. The third kappa shape index (κ3) is 6.56. The monoisotopic (exact) mass is 566 g/mol. The molecule has 1 aromatic carbocycles. The first kappa shape index (κ1) is 26.7. The molecule has 1 aliphatic carbocycles. The van der Waals surface area contributed by atoms with Crippen molar-refractivity contribution in [3.63, 3.8) is 0 Å². The molecule has 5 rings (SSSR count). The molecule has 0 atom stereocenters. The summed E-state index contributed by atoms with van der Waals surface area (Å²) in [5.41, 5.74) is 1.60. The highest BCUT2D eigenvalue weighted by molar-refractivity contribution is 7.92. The number of rotatable bonds is 12. The lowest BCUT2D eigenvalue weighted by Crippen LogP contribution is -2.24. The van der Waals surface area contributed by atoms with Gasteiger partial charge in [-0.2, -0.15) is 0 Å². The van der Waals surface area contributed by atoms with E-state index in [2.05, 4.69) is 30.7 Å². The quantitative estimate of drug-likeness (QED) is 0.150. The van der Waals surface area contributed by atoms with E-state index in [1.807, 2.05) is 13.1 Å². The largest absolute Gasteiger partial charge is 0.476 e. The second-order valence-corrected chi connectivity index (χ2v) is 11.9. The smallest absolute Gasteiger partial charge is 0.280 e. The highest BCUT2D eigenvalue weighted by Crippen LogP contribution is 2.33. The van der Waals surface area contributed by atoms with Crippen LogP contribution in [0.15, 0.2) is 70.8 Å². The highest BCUT2D eigenvalue weighted by Gasteiger charge is 2.36. The minimum absolute atomic E-state index is 0.0374. The number of carbonyl (C=O) groups excluding carboxylic acids is 1. The van der Waals surface area contributed by atoms with Crippen molar-refractivity contribution in [1.29, 1.82) is 0 Å². The van der Waals surface area contributed by atoms with Crippen LogP contribution in [0.4, 0.5) is 5.13 Å². The van der Waals surface area contributed by atoms with Gasteiger partial charge in [0.25, 0.3) is 5.91 Å². The third-order valence-corrected chi connectivity index (χ3v) is 8.94. The van der Waals surface area contributed by atoms with E-state index < -0.39 is 15.7 Å². The topological polar surface area (TPSA) is 145 Å². The number of nitrogens with one attached hydrogen (secondary N) is 2. The van der Waals surface area contributed by atoms with E-state index in [9.17, 15) is 13.2 Å². The van der Waals surface area contributed by atoms with Gasteiger partial charge in [0.05, 0.1) is 15.8 Å². The van der Waals surface area contributed by atoms with Crippen molar-refractivity contribution in [3.8, 4) is 5.88 Å². The molecule has 1 aliphatic rings. The van der Waals surface area contributed by atoms with Crippen LogP contribution in [-0.2, 0) is 26.1 Å². The molecular formula is C26H26N6O5S2. The fourth-order valence-electron chi connectivity index (χ4n) is 3.59. The molecule has 0 spiro atoms. The number of amides is 1. The molecule has 0 saturated heterocycles. The van der Waals surface area contributed by atoms with Crippen molar-refractivity contribution in [2.75, 3.05) is 25.5 Å². The number of ether oxygens (including phenoxy) is 1. The van der Waals surface area contributed by atoms with Crippen LogP contribution in [0, 0.1) is 0 Å². The zero-order valence-corrected chi connectivity index (χ0v) is 22.7. The molecule has 0 unspecified atom stereocenters. The van der Waals surface area contributed by atoms with E-state index in [-0.39, 0.29) is 22.5 Å². The zero-order chi connectivity index (χ0) is 27.2. The second kappa shape index (κ2) is 11.8. The summed E-state index contributed by atoms with van der Waals surface area (Å²) in [5, 5.41) is 9.83. The summed E-state index contributed by atoms with van der Waals surface area (Å²) in [4.78, 5) is 32.7. The fourth-order valence-corrected chi connectivity index (χ4v) is 6.07. The number of likely N-dealkylation sites (N-methyl/N-ethyl adjacent to an activating group) is 1. The van der Waals surface area contributed by atoms with Crippen LogP contribution in [0.5, 0.6) is 5.88 Å². The Kier molecular flexibility index (Phi) is 8.10. The molecule has 0 bridgehead atoms. The van der Waals surface area contributed by atoms with Crippen LogP contribution in [0.3, 0.4) is 0 Å². The first-order valence-electron chi connectivity index (χ1n) is 12.2. The Morgan fingerprint density at radius 2 is 1.92 bits per heavy atom. The number of hydrogen-bond acceptors (Lipinski definition) is 11. The van der Waals surface area contributed by atoms with Crippen molar-refractivity contribution >= 4 is 48.3 Å². The van der Waals surface area contributed by atoms with E-state index in [1.54, 1.807) is 42.6 Å². The summed E-state index contributed by atoms with van der Waals surface area (Å²) >= 11 is 1.19. The number of oxime groups is 1. The highest BCUT2D eigenvalue weighted by atomic mass is 32.2.